The van der Waals surface area contributed by atoms with Gasteiger partial charge in [-0.25, -0.2) is 9.98 Å². The topological polar surface area (TPSA) is 86.8 Å². The van der Waals surface area contributed by atoms with E-state index in [0.29, 0.717) is 27.7 Å². The Bertz CT molecular complexity index is 1280. The molecule has 0 bridgehead atoms. The molecule has 4 aromatic rings. The molecule has 1 aliphatic heterocycles. The number of guanidine groups is 1. The summed E-state index contributed by atoms with van der Waals surface area (Å²) in [6.07, 6.45) is 3.68. The molecule has 0 fully saturated rings. The van der Waals surface area contributed by atoms with Gasteiger partial charge >= 0.3 is 6.01 Å². The number of aliphatic imine (C=N–C) groups is 1. The molecule has 1 atom stereocenters. The van der Waals surface area contributed by atoms with Crippen molar-refractivity contribution in [2.75, 3.05) is 10.2 Å². The zero-order valence-corrected chi connectivity index (χ0v) is 18.1. The minimum atomic E-state index is -0.283. The van der Waals surface area contributed by atoms with Gasteiger partial charge in [0.2, 0.25) is 5.96 Å². The summed E-state index contributed by atoms with van der Waals surface area (Å²) in [7, 11) is 0. The van der Waals surface area contributed by atoms with Crippen LogP contribution in [0, 0.1) is 0 Å². The number of aromatic nitrogens is 2. The first-order valence-electron chi connectivity index (χ1n) is 9.61. The molecule has 2 aromatic carbocycles. The summed E-state index contributed by atoms with van der Waals surface area (Å²) in [6.45, 7) is 1.91. The lowest BCUT2D eigenvalue weighted by Crippen LogP contribution is -2.38. The van der Waals surface area contributed by atoms with Crippen LogP contribution in [0.3, 0.4) is 0 Å². The van der Waals surface area contributed by atoms with Crippen LogP contribution >= 0.6 is 22.9 Å². The number of hydrogen-bond acceptors (Lipinski definition) is 8. The van der Waals surface area contributed by atoms with Crippen LogP contribution in [0.1, 0.15) is 23.4 Å². The number of anilines is 2. The van der Waals surface area contributed by atoms with E-state index in [0.717, 1.165) is 21.7 Å². The maximum Gasteiger partial charge on any atom is 0.302 e. The molecule has 0 aliphatic carbocycles. The highest BCUT2D eigenvalue weighted by Gasteiger charge is 2.28. The van der Waals surface area contributed by atoms with Crippen molar-refractivity contribution in [3.05, 3.63) is 82.0 Å². The molecule has 3 heterocycles. The third-order valence-electron chi connectivity index (χ3n) is 4.85. The number of nitrogens with one attached hydrogen (secondary N) is 1. The van der Waals surface area contributed by atoms with Gasteiger partial charge in [-0.3, -0.25) is 10.2 Å². The van der Waals surface area contributed by atoms with Crippen molar-refractivity contribution in [3.63, 3.8) is 0 Å². The largest absolute Gasteiger partial charge is 0.423 e. The Labute approximate surface area is 187 Å². The van der Waals surface area contributed by atoms with Crippen molar-refractivity contribution in [1.29, 1.82) is 0 Å². The smallest absolute Gasteiger partial charge is 0.302 e. The fourth-order valence-corrected chi connectivity index (χ4v) is 4.47. The van der Waals surface area contributed by atoms with Gasteiger partial charge in [-0.05, 0) is 36.8 Å². The van der Waals surface area contributed by atoms with Gasteiger partial charge in [0.05, 0.1) is 11.5 Å². The minimum Gasteiger partial charge on any atom is -0.423 e. The standard InChI is InChI=1S/C22H18ClN5O2S/c1-13-10-18(15-6-2-3-7-16(15)23)25-20(28(13)22-24-11-14(12-29)31-22)27-21-26-17-8-4-5-9-19(17)30-21/h2-11,18,29H,12H2,1H3,(H,25,26,27). The first-order chi connectivity index (χ1) is 15.1. The molecule has 0 amide bonds. The number of nitrogens with zero attached hydrogens (tertiary/aromatic N) is 4. The van der Waals surface area contributed by atoms with E-state index in [-0.39, 0.29) is 12.6 Å². The van der Waals surface area contributed by atoms with Crippen molar-refractivity contribution in [3.8, 4) is 0 Å². The van der Waals surface area contributed by atoms with E-state index >= 15 is 0 Å². The fourth-order valence-electron chi connectivity index (χ4n) is 3.40. The zero-order chi connectivity index (χ0) is 21.4. The monoisotopic (exact) mass is 451 g/mol. The highest BCUT2D eigenvalue weighted by Crippen LogP contribution is 2.35. The number of fused-ring (bicyclic) bond motifs is 1. The van der Waals surface area contributed by atoms with Crippen LogP contribution < -0.4 is 10.2 Å². The average Bonchev–Trinajstić information content (AvgIpc) is 3.40. The highest BCUT2D eigenvalue weighted by atomic mass is 35.5. The number of thiazole rings is 1. The average molecular weight is 452 g/mol. The number of oxazole rings is 1. The van der Waals surface area contributed by atoms with Crippen molar-refractivity contribution >= 4 is 51.1 Å². The van der Waals surface area contributed by atoms with Crippen LogP contribution in [0.15, 0.2) is 75.9 Å². The van der Waals surface area contributed by atoms with Gasteiger partial charge in [-0.2, -0.15) is 4.98 Å². The molecule has 156 valence electrons. The fraction of sp³-hybridized carbons (Fsp3) is 0.136. The van der Waals surface area contributed by atoms with Crippen LogP contribution in [0.25, 0.3) is 11.1 Å². The van der Waals surface area contributed by atoms with E-state index in [9.17, 15) is 5.11 Å². The van der Waals surface area contributed by atoms with Gasteiger partial charge < -0.3 is 9.52 Å². The van der Waals surface area contributed by atoms with E-state index in [2.05, 4.69) is 15.3 Å². The molecule has 1 aliphatic rings. The Morgan fingerprint density at radius 1 is 1.19 bits per heavy atom. The van der Waals surface area contributed by atoms with E-state index in [1.54, 1.807) is 6.20 Å². The van der Waals surface area contributed by atoms with Crippen molar-refractivity contribution in [2.45, 2.75) is 19.6 Å². The van der Waals surface area contributed by atoms with Crippen LogP contribution in [0.5, 0.6) is 0 Å². The van der Waals surface area contributed by atoms with Crippen molar-refractivity contribution in [2.24, 2.45) is 4.99 Å². The van der Waals surface area contributed by atoms with Crippen molar-refractivity contribution < 1.29 is 9.52 Å². The van der Waals surface area contributed by atoms with Gasteiger partial charge in [0, 0.05) is 16.9 Å². The molecule has 0 saturated carbocycles. The first-order valence-corrected chi connectivity index (χ1v) is 10.8. The van der Waals surface area contributed by atoms with Crippen molar-refractivity contribution in [1.82, 2.24) is 9.97 Å². The van der Waals surface area contributed by atoms with Crippen LogP contribution in [-0.2, 0) is 6.61 Å². The summed E-state index contributed by atoms with van der Waals surface area (Å²) in [5, 5.41) is 14.0. The molecular formula is C22H18ClN5O2S. The number of aliphatic hydroxyl groups excluding tert-OH is 1. The Hall–Kier alpha value is -3.20. The number of allylic oxidation sites excluding steroid dienone is 1. The van der Waals surface area contributed by atoms with E-state index < -0.39 is 0 Å². The van der Waals surface area contributed by atoms with Gasteiger partial charge in [0.1, 0.15) is 11.6 Å². The lowest BCUT2D eigenvalue weighted by atomic mass is 10.1. The molecule has 2 aromatic heterocycles. The number of halogens is 1. The summed E-state index contributed by atoms with van der Waals surface area (Å²) < 4.78 is 5.85. The predicted molar refractivity (Wildman–Crippen MR) is 124 cm³/mol. The van der Waals surface area contributed by atoms with Crippen LogP contribution in [-0.4, -0.2) is 21.0 Å². The minimum absolute atomic E-state index is 0.0679. The summed E-state index contributed by atoms with van der Waals surface area (Å²) in [5.74, 6) is 0.510. The molecule has 0 saturated heterocycles. The number of hydrogen-bond donors (Lipinski definition) is 2. The Morgan fingerprint density at radius 2 is 2.00 bits per heavy atom. The summed E-state index contributed by atoms with van der Waals surface area (Å²) >= 11 is 7.83. The summed E-state index contributed by atoms with van der Waals surface area (Å²) in [4.78, 5) is 16.5. The van der Waals surface area contributed by atoms with Gasteiger partial charge in [-0.15, -0.1) is 0 Å². The Balaban J connectivity index is 1.57. The quantitative estimate of drug-likeness (QED) is 0.434. The second-order valence-corrected chi connectivity index (χ2v) is 8.44. The first kappa shape index (κ1) is 19.7. The van der Waals surface area contributed by atoms with Crippen LogP contribution in [0.4, 0.5) is 11.1 Å². The van der Waals surface area contributed by atoms with Gasteiger partial charge in [0.15, 0.2) is 10.7 Å². The van der Waals surface area contributed by atoms with Gasteiger partial charge in [-0.1, -0.05) is 53.3 Å². The van der Waals surface area contributed by atoms with Gasteiger partial charge in [0.25, 0.3) is 0 Å². The zero-order valence-electron chi connectivity index (χ0n) is 16.5. The molecule has 0 spiro atoms. The number of benzene rings is 2. The second-order valence-electron chi connectivity index (χ2n) is 6.94. The molecule has 1 unspecified atom stereocenters. The second kappa shape index (κ2) is 8.14. The highest BCUT2D eigenvalue weighted by molar-refractivity contribution is 7.15. The van der Waals surface area contributed by atoms with E-state index in [1.807, 2.05) is 66.4 Å². The predicted octanol–water partition coefficient (Wildman–Crippen LogP) is 5.36. The SMILES string of the molecule is CC1=CC(c2ccccc2Cl)N=C(Nc2nc3ccccc3o2)N1c1ncc(CO)s1. The Kier molecular flexibility index (Phi) is 5.19. The molecule has 0 radical (unpaired) electrons. The molecule has 5 rings (SSSR count). The third kappa shape index (κ3) is 3.81. The number of aliphatic hydroxyl groups is 1. The summed E-state index contributed by atoms with van der Waals surface area (Å²) in [5.41, 5.74) is 3.24. The molecule has 31 heavy (non-hydrogen) atoms. The number of para-hydroxylation sites is 2. The molecular weight excluding hydrogens is 434 g/mol. The Morgan fingerprint density at radius 3 is 2.77 bits per heavy atom. The molecule has 2 N–H and O–H groups in total. The molecule has 7 nitrogen and oxygen atoms in total. The van der Waals surface area contributed by atoms with Crippen LogP contribution in [0.2, 0.25) is 5.02 Å². The number of rotatable bonds is 4. The lowest BCUT2D eigenvalue weighted by Gasteiger charge is -2.30. The lowest BCUT2D eigenvalue weighted by molar-refractivity contribution is 0.285. The maximum absolute atomic E-state index is 9.47. The van der Waals surface area contributed by atoms with E-state index in [4.69, 9.17) is 21.0 Å². The van der Waals surface area contributed by atoms with E-state index in [1.165, 1.54) is 11.3 Å². The normalized spacial score (nSPS) is 16.4. The third-order valence-corrected chi connectivity index (χ3v) is 6.16. The summed E-state index contributed by atoms with van der Waals surface area (Å²) in [6, 6.07) is 15.2. The maximum atomic E-state index is 9.47. The molecule has 9 heteroatoms.